The lowest BCUT2D eigenvalue weighted by Gasteiger charge is -2.08. The first-order valence-corrected chi connectivity index (χ1v) is 6.11. The maximum atomic E-state index is 5.16. The molecule has 0 saturated heterocycles. The average molecular weight is 218 g/mol. The van der Waals surface area contributed by atoms with E-state index in [1.54, 1.807) is 7.11 Å². The third kappa shape index (κ3) is 3.73. The SMILES string of the molecule is CC=C(CCCCC)c1ccc(OC)cc1. The van der Waals surface area contributed by atoms with Crippen molar-refractivity contribution < 1.29 is 4.74 Å². The summed E-state index contributed by atoms with van der Waals surface area (Å²) in [5, 5.41) is 0. The van der Waals surface area contributed by atoms with Crippen molar-refractivity contribution in [2.75, 3.05) is 7.11 Å². The molecule has 0 unspecified atom stereocenters. The fourth-order valence-corrected chi connectivity index (χ4v) is 1.83. The Balaban J connectivity index is 2.64. The van der Waals surface area contributed by atoms with Gasteiger partial charge in [0.15, 0.2) is 0 Å². The zero-order valence-corrected chi connectivity index (χ0v) is 10.6. The number of rotatable bonds is 6. The topological polar surface area (TPSA) is 9.23 Å². The smallest absolute Gasteiger partial charge is 0.118 e. The number of benzene rings is 1. The predicted octanol–water partition coefficient (Wildman–Crippen LogP) is 4.68. The maximum Gasteiger partial charge on any atom is 0.118 e. The molecule has 1 aromatic rings. The van der Waals surface area contributed by atoms with Crippen LogP contribution >= 0.6 is 0 Å². The van der Waals surface area contributed by atoms with Gasteiger partial charge in [0.25, 0.3) is 0 Å². The van der Waals surface area contributed by atoms with Crippen LogP contribution in [-0.4, -0.2) is 7.11 Å². The van der Waals surface area contributed by atoms with Crippen molar-refractivity contribution in [2.24, 2.45) is 0 Å². The molecule has 0 heterocycles. The molecule has 0 aliphatic carbocycles. The molecule has 0 radical (unpaired) electrons. The van der Waals surface area contributed by atoms with Crippen LogP contribution in [0.15, 0.2) is 30.3 Å². The molecule has 0 atom stereocenters. The molecule has 0 bridgehead atoms. The van der Waals surface area contributed by atoms with Crippen molar-refractivity contribution in [3.63, 3.8) is 0 Å². The van der Waals surface area contributed by atoms with Crippen LogP contribution in [0.1, 0.15) is 45.1 Å². The summed E-state index contributed by atoms with van der Waals surface area (Å²) in [6.07, 6.45) is 7.27. The maximum absolute atomic E-state index is 5.16. The minimum Gasteiger partial charge on any atom is -0.497 e. The first-order valence-electron chi connectivity index (χ1n) is 6.11. The van der Waals surface area contributed by atoms with Gasteiger partial charge in [-0.3, -0.25) is 0 Å². The fourth-order valence-electron chi connectivity index (χ4n) is 1.83. The molecule has 1 rings (SSSR count). The van der Waals surface area contributed by atoms with Gasteiger partial charge in [0.05, 0.1) is 7.11 Å². The van der Waals surface area contributed by atoms with Gasteiger partial charge in [-0.25, -0.2) is 0 Å². The minimum atomic E-state index is 0.924. The second kappa shape index (κ2) is 7.10. The van der Waals surface area contributed by atoms with Crippen LogP contribution in [-0.2, 0) is 0 Å². The fraction of sp³-hybridized carbons (Fsp3) is 0.467. The van der Waals surface area contributed by atoms with Crippen LogP contribution in [0, 0.1) is 0 Å². The van der Waals surface area contributed by atoms with E-state index in [1.807, 2.05) is 12.1 Å². The van der Waals surface area contributed by atoms with E-state index >= 15 is 0 Å². The van der Waals surface area contributed by atoms with Crippen LogP contribution in [0.3, 0.4) is 0 Å². The highest BCUT2D eigenvalue weighted by atomic mass is 16.5. The number of unbranched alkanes of at least 4 members (excludes halogenated alkanes) is 2. The van der Waals surface area contributed by atoms with Crippen LogP contribution in [0.5, 0.6) is 5.75 Å². The first-order chi connectivity index (χ1) is 7.81. The molecular weight excluding hydrogens is 196 g/mol. The van der Waals surface area contributed by atoms with Crippen LogP contribution in [0.25, 0.3) is 5.57 Å². The Morgan fingerprint density at radius 2 is 1.88 bits per heavy atom. The van der Waals surface area contributed by atoms with Gasteiger partial charge >= 0.3 is 0 Å². The minimum absolute atomic E-state index is 0.924. The zero-order chi connectivity index (χ0) is 11.8. The van der Waals surface area contributed by atoms with Gasteiger partial charge in [0.2, 0.25) is 0 Å². The summed E-state index contributed by atoms with van der Waals surface area (Å²) in [7, 11) is 1.70. The van der Waals surface area contributed by atoms with Crippen molar-refractivity contribution in [3.8, 4) is 5.75 Å². The molecule has 1 heteroatoms. The van der Waals surface area contributed by atoms with Gasteiger partial charge in [0.1, 0.15) is 5.75 Å². The molecule has 1 nitrogen and oxygen atoms in total. The molecule has 1 aromatic carbocycles. The monoisotopic (exact) mass is 218 g/mol. The summed E-state index contributed by atoms with van der Waals surface area (Å²) in [5.41, 5.74) is 2.76. The van der Waals surface area contributed by atoms with E-state index in [0.29, 0.717) is 0 Å². The molecule has 0 aromatic heterocycles. The number of hydrogen-bond acceptors (Lipinski definition) is 1. The molecule has 0 fully saturated rings. The molecule has 0 N–H and O–H groups in total. The number of allylic oxidation sites excluding steroid dienone is 2. The van der Waals surface area contributed by atoms with Gasteiger partial charge in [-0.1, -0.05) is 38.0 Å². The summed E-state index contributed by atoms with van der Waals surface area (Å²) >= 11 is 0. The molecule has 0 spiro atoms. The Hall–Kier alpha value is -1.24. The second-order valence-electron chi connectivity index (χ2n) is 4.00. The third-order valence-corrected chi connectivity index (χ3v) is 2.86. The van der Waals surface area contributed by atoms with Crippen LogP contribution in [0.4, 0.5) is 0 Å². The van der Waals surface area contributed by atoms with Crippen molar-refractivity contribution >= 4 is 5.57 Å². The Morgan fingerprint density at radius 3 is 2.38 bits per heavy atom. The van der Waals surface area contributed by atoms with Crippen LogP contribution < -0.4 is 4.74 Å². The average Bonchev–Trinajstić information content (AvgIpc) is 2.35. The Morgan fingerprint density at radius 1 is 1.19 bits per heavy atom. The molecule has 0 aliphatic rings. The molecular formula is C15H22O. The van der Waals surface area contributed by atoms with Crippen molar-refractivity contribution in [1.82, 2.24) is 0 Å². The highest BCUT2D eigenvalue weighted by Gasteiger charge is 2.00. The summed E-state index contributed by atoms with van der Waals surface area (Å²) in [6.45, 7) is 4.36. The van der Waals surface area contributed by atoms with Gasteiger partial charge in [0, 0.05) is 0 Å². The quantitative estimate of drug-likeness (QED) is 0.630. The summed E-state index contributed by atoms with van der Waals surface area (Å²) in [4.78, 5) is 0. The largest absolute Gasteiger partial charge is 0.497 e. The zero-order valence-electron chi connectivity index (χ0n) is 10.6. The third-order valence-electron chi connectivity index (χ3n) is 2.86. The lowest BCUT2D eigenvalue weighted by atomic mass is 9.99. The predicted molar refractivity (Wildman–Crippen MR) is 70.8 cm³/mol. The van der Waals surface area contributed by atoms with Gasteiger partial charge in [-0.2, -0.15) is 0 Å². The molecule has 0 amide bonds. The van der Waals surface area contributed by atoms with Gasteiger partial charge in [-0.05, 0) is 43.0 Å². The summed E-state index contributed by atoms with van der Waals surface area (Å²) < 4.78 is 5.16. The van der Waals surface area contributed by atoms with Crippen molar-refractivity contribution in [3.05, 3.63) is 35.9 Å². The standard InChI is InChI=1S/C15H22O/c1-4-6-7-8-13(5-2)14-9-11-15(16-3)12-10-14/h5,9-12H,4,6-8H2,1-3H3. The van der Waals surface area contributed by atoms with E-state index in [4.69, 9.17) is 4.74 Å². The van der Waals surface area contributed by atoms with Crippen LogP contribution in [0.2, 0.25) is 0 Å². The van der Waals surface area contributed by atoms with Gasteiger partial charge < -0.3 is 4.74 Å². The lowest BCUT2D eigenvalue weighted by Crippen LogP contribution is -1.87. The lowest BCUT2D eigenvalue weighted by molar-refractivity contribution is 0.415. The van der Waals surface area contributed by atoms with E-state index in [9.17, 15) is 0 Å². The van der Waals surface area contributed by atoms with E-state index in [1.165, 1.54) is 36.8 Å². The number of methoxy groups -OCH3 is 1. The molecule has 0 saturated carbocycles. The molecule has 88 valence electrons. The summed E-state index contributed by atoms with van der Waals surface area (Å²) in [5.74, 6) is 0.924. The highest BCUT2D eigenvalue weighted by Crippen LogP contribution is 2.23. The Kier molecular flexibility index (Phi) is 5.69. The molecule has 0 aliphatic heterocycles. The highest BCUT2D eigenvalue weighted by molar-refractivity contribution is 5.65. The number of hydrogen-bond donors (Lipinski definition) is 0. The normalized spacial score (nSPS) is 11.6. The summed E-state index contributed by atoms with van der Waals surface area (Å²) in [6, 6.07) is 8.33. The van der Waals surface area contributed by atoms with E-state index in [0.717, 1.165) is 5.75 Å². The Bertz CT molecular complexity index is 322. The van der Waals surface area contributed by atoms with Crippen molar-refractivity contribution in [2.45, 2.75) is 39.5 Å². The first kappa shape index (κ1) is 12.8. The van der Waals surface area contributed by atoms with Crippen molar-refractivity contribution in [1.29, 1.82) is 0 Å². The van der Waals surface area contributed by atoms with E-state index < -0.39 is 0 Å². The van der Waals surface area contributed by atoms with E-state index in [2.05, 4.69) is 32.1 Å². The van der Waals surface area contributed by atoms with E-state index in [-0.39, 0.29) is 0 Å². The second-order valence-corrected chi connectivity index (χ2v) is 4.00. The Labute approximate surface area is 99.1 Å². The van der Waals surface area contributed by atoms with Gasteiger partial charge in [-0.15, -0.1) is 0 Å². The number of ether oxygens (including phenoxy) is 1. The molecule has 16 heavy (non-hydrogen) atoms.